The Hall–Kier alpha value is -1.75. The third kappa shape index (κ3) is 2.19. The second-order valence-electron chi connectivity index (χ2n) is 3.16. The molecule has 0 saturated carbocycles. The monoisotopic (exact) mass is 206 g/mol. The molecule has 1 heterocycles. The molecule has 0 amide bonds. The van der Waals surface area contributed by atoms with Crippen LogP contribution in [-0.2, 0) is 6.54 Å². The zero-order chi connectivity index (χ0) is 10.7. The molecule has 0 aliphatic carbocycles. The molecule has 1 aromatic carbocycles. The van der Waals surface area contributed by atoms with Gasteiger partial charge >= 0.3 is 0 Å². The normalized spacial score (nSPS) is 10.5. The molecule has 0 saturated heterocycles. The Balaban J connectivity index is 2.25. The summed E-state index contributed by atoms with van der Waals surface area (Å²) in [5.41, 5.74) is 6.96. The molecule has 0 radical (unpaired) electrons. The van der Waals surface area contributed by atoms with E-state index in [0.29, 0.717) is 13.1 Å². The van der Waals surface area contributed by atoms with E-state index in [1.54, 1.807) is 23.0 Å². The summed E-state index contributed by atoms with van der Waals surface area (Å²) in [6.45, 7) is 1.15. The van der Waals surface area contributed by atoms with Crippen molar-refractivity contribution in [2.45, 2.75) is 6.54 Å². The molecule has 78 valence electrons. The van der Waals surface area contributed by atoms with Crippen LogP contribution in [0.1, 0.15) is 0 Å². The maximum Gasteiger partial charge on any atom is 0.123 e. The van der Waals surface area contributed by atoms with E-state index in [-0.39, 0.29) is 5.82 Å². The molecule has 0 unspecified atom stereocenters. The predicted molar refractivity (Wildman–Crippen MR) is 54.5 cm³/mol. The van der Waals surface area contributed by atoms with E-state index in [2.05, 4.69) is 10.3 Å². The maximum absolute atomic E-state index is 12.7. The molecule has 0 bridgehead atoms. The lowest BCUT2D eigenvalue weighted by atomic mass is 10.2. The Morgan fingerprint density at radius 2 is 2.00 bits per heavy atom. The maximum atomic E-state index is 12.7. The van der Waals surface area contributed by atoms with Crippen LogP contribution in [0.3, 0.4) is 0 Å². The van der Waals surface area contributed by atoms with Gasteiger partial charge in [-0.3, -0.25) is 4.68 Å². The molecule has 1 aromatic heterocycles. The molecular weight excluding hydrogens is 195 g/mol. The first-order valence-electron chi connectivity index (χ1n) is 4.66. The van der Waals surface area contributed by atoms with Gasteiger partial charge in [0.15, 0.2) is 0 Å². The van der Waals surface area contributed by atoms with Crippen molar-refractivity contribution in [3.63, 3.8) is 0 Å². The molecule has 0 aliphatic heterocycles. The van der Waals surface area contributed by atoms with Gasteiger partial charge < -0.3 is 5.73 Å². The van der Waals surface area contributed by atoms with Gasteiger partial charge in [-0.05, 0) is 24.3 Å². The molecular formula is C10H11FN4. The van der Waals surface area contributed by atoms with E-state index in [1.807, 2.05) is 0 Å². The summed E-state index contributed by atoms with van der Waals surface area (Å²) in [7, 11) is 0. The fourth-order valence-corrected chi connectivity index (χ4v) is 1.29. The predicted octanol–water partition coefficient (Wildman–Crippen LogP) is 1.04. The van der Waals surface area contributed by atoms with Crippen LogP contribution in [-0.4, -0.2) is 21.5 Å². The molecule has 0 aliphatic rings. The number of nitrogens with zero attached hydrogens (tertiary/aromatic N) is 3. The lowest BCUT2D eigenvalue weighted by molar-refractivity contribution is 0.598. The van der Waals surface area contributed by atoms with Gasteiger partial charge in [0.25, 0.3) is 0 Å². The van der Waals surface area contributed by atoms with E-state index in [0.717, 1.165) is 11.3 Å². The van der Waals surface area contributed by atoms with E-state index in [4.69, 9.17) is 5.73 Å². The van der Waals surface area contributed by atoms with Gasteiger partial charge in [0.1, 0.15) is 11.5 Å². The number of hydrogen-bond acceptors (Lipinski definition) is 3. The smallest absolute Gasteiger partial charge is 0.123 e. The third-order valence-electron chi connectivity index (χ3n) is 2.04. The van der Waals surface area contributed by atoms with Gasteiger partial charge in [-0.15, -0.1) is 5.10 Å². The first-order chi connectivity index (χ1) is 7.29. The van der Waals surface area contributed by atoms with Crippen molar-refractivity contribution in [3.05, 3.63) is 36.3 Å². The Morgan fingerprint density at radius 3 is 2.67 bits per heavy atom. The van der Waals surface area contributed by atoms with Crippen molar-refractivity contribution in [1.29, 1.82) is 0 Å². The van der Waals surface area contributed by atoms with Gasteiger partial charge in [-0.2, -0.15) is 0 Å². The van der Waals surface area contributed by atoms with Crippen molar-refractivity contribution in [2.75, 3.05) is 6.54 Å². The summed E-state index contributed by atoms with van der Waals surface area (Å²) in [5.74, 6) is -0.256. The molecule has 0 fully saturated rings. The van der Waals surface area contributed by atoms with Crippen LogP contribution < -0.4 is 5.73 Å². The zero-order valence-electron chi connectivity index (χ0n) is 8.10. The van der Waals surface area contributed by atoms with Gasteiger partial charge in [-0.25, -0.2) is 4.39 Å². The fourth-order valence-electron chi connectivity index (χ4n) is 1.29. The molecule has 0 spiro atoms. The number of rotatable bonds is 3. The third-order valence-corrected chi connectivity index (χ3v) is 2.04. The molecule has 2 aromatic rings. The minimum Gasteiger partial charge on any atom is -0.329 e. The first-order valence-corrected chi connectivity index (χ1v) is 4.66. The zero-order valence-corrected chi connectivity index (χ0v) is 8.10. The number of hydrogen-bond donors (Lipinski definition) is 1. The highest BCUT2D eigenvalue weighted by Gasteiger charge is 2.02. The number of aromatic nitrogens is 3. The minimum absolute atomic E-state index is 0.256. The summed E-state index contributed by atoms with van der Waals surface area (Å²) in [5, 5.41) is 7.87. The lowest BCUT2D eigenvalue weighted by Crippen LogP contribution is -2.10. The summed E-state index contributed by atoms with van der Waals surface area (Å²) < 4.78 is 14.3. The van der Waals surface area contributed by atoms with Crippen LogP contribution >= 0.6 is 0 Å². The van der Waals surface area contributed by atoms with Crippen LogP contribution in [0.15, 0.2) is 30.5 Å². The van der Waals surface area contributed by atoms with Gasteiger partial charge in [-0.1, -0.05) is 5.21 Å². The van der Waals surface area contributed by atoms with Gasteiger partial charge in [0.05, 0.1) is 12.7 Å². The number of halogens is 1. The van der Waals surface area contributed by atoms with Crippen LogP contribution in [0.2, 0.25) is 0 Å². The average molecular weight is 206 g/mol. The molecule has 0 atom stereocenters. The standard InChI is InChI=1S/C10H11FN4/c11-9-3-1-8(2-4-9)10-7-15(6-5-12)14-13-10/h1-4,7H,5-6,12H2. The largest absolute Gasteiger partial charge is 0.329 e. The summed E-state index contributed by atoms with van der Waals surface area (Å²) in [6.07, 6.45) is 1.79. The van der Waals surface area contributed by atoms with Gasteiger partial charge in [0, 0.05) is 12.1 Å². The second kappa shape index (κ2) is 4.18. The summed E-state index contributed by atoms with van der Waals surface area (Å²) >= 11 is 0. The van der Waals surface area contributed by atoms with Crippen molar-refractivity contribution in [2.24, 2.45) is 5.73 Å². The number of benzene rings is 1. The Bertz CT molecular complexity index is 435. The van der Waals surface area contributed by atoms with Crippen LogP contribution in [0.5, 0.6) is 0 Å². The summed E-state index contributed by atoms with van der Waals surface area (Å²) in [4.78, 5) is 0. The van der Waals surface area contributed by atoms with E-state index < -0.39 is 0 Å². The van der Waals surface area contributed by atoms with Crippen LogP contribution in [0.25, 0.3) is 11.3 Å². The topological polar surface area (TPSA) is 56.7 Å². The Labute approximate surface area is 86.5 Å². The average Bonchev–Trinajstić information content (AvgIpc) is 2.68. The highest BCUT2D eigenvalue weighted by Crippen LogP contribution is 2.15. The van der Waals surface area contributed by atoms with E-state index >= 15 is 0 Å². The molecule has 15 heavy (non-hydrogen) atoms. The Kier molecular flexibility index (Phi) is 2.73. The summed E-state index contributed by atoms with van der Waals surface area (Å²) in [6, 6.07) is 6.15. The number of nitrogens with two attached hydrogens (primary N) is 1. The lowest BCUT2D eigenvalue weighted by Gasteiger charge is -1.95. The minimum atomic E-state index is -0.256. The quantitative estimate of drug-likeness (QED) is 0.816. The van der Waals surface area contributed by atoms with Gasteiger partial charge in [0.2, 0.25) is 0 Å². The van der Waals surface area contributed by atoms with Crippen molar-refractivity contribution < 1.29 is 4.39 Å². The highest BCUT2D eigenvalue weighted by atomic mass is 19.1. The Morgan fingerprint density at radius 1 is 1.27 bits per heavy atom. The van der Waals surface area contributed by atoms with E-state index in [9.17, 15) is 4.39 Å². The van der Waals surface area contributed by atoms with Crippen LogP contribution in [0.4, 0.5) is 4.39 Å². The fraction of sp³-hybridized carbons (Fsp3) is 0.200. The van der Waals surface area contributed by atoms with Crippen molar-refractivity contribution >= 4 is 0 Å². The SMILES string of the molecule is NCCn1cc(-c2ccc(F)cc2)nn1. The van der Waals surface area contributed by atoms with E-state index in [1.165, 1.54) is 12.1 Å². The second-order valence-corrected chi connectivity index (χ2v) is 3.16. The van der Waals surface area contributed by atoms with Crippen molar-refractivity contribution in [3.8, 4) is 11.3 Å². The highest BCUT2D eigenvalue weighted by molar-refractivity contribution is 5.57. The molecule has 5 heteroatoms. The molecule has 2 rings (SSSR count). The first kappa shape index (κ1) is 9.79. The molecule has 4 nitrogen and oxygen atoms in total. The van der Waals surface area contributed by atoms with Crippen LogP contribution in [0, 0.1) is 5.82 Å². The van der Waals surface area contributed by atoms with Crippen molar-refractivity contribution in [1.82, 2.24) is 15.0 Å². The molecule has 2 N–H and O–H groups in total.